The van der Waals surface area contributed by atoms with Crippen molar-refractivity contribution < 1.29 is 8.42 Å². The van der Waals surface area contributed by atoms with Crippen molar-refractivity contribution in [2.24, 2.45) is 5.14 Å². The van der Waals surface area contributed by atoms with E-state index in [1.54, 1.807) is 31.5 Å². The smallest absolute Gasteiger partial charge is 0.225 e. The zero-order valence-corrected chi connectivity index (χ0v) is 7.51. The fraction of sp³-hybridized carbons (Fsp3) is 0.125. The average molecular weight is 184 g/mol. The van der Waals surface area contributed by atoms with E-state index < -0.39 is 10.0 Å². The van der Waals surface area contributed by atoms with Gasteiger partial charge in [-0.2, -0.15) is 0 Å². The van der Waals surface area contributed by atoms with E-state index in [1.165, 1.54) is 6.07 Å². The Morgan fingerprint density at radius 2 is 1.92 bits per heavy atom. The van der Waals surface area contributed by atoms with Gasteiger partial charge in [0.1, 0.15) is 0 Å². The molecule has 0 aromatic heterocycles. The van der Waals surface area contributed by atoms with Gasteiger partial charge in [-0.15, -0.1) is 0 Å². The summed E-state index contributed by atoms with van der Waals surface area (Å²) in [5.41, 5.74) is 0.639. The molecule has 1 aromatic carbocycles. The van der Waals surface area contributed by atoms with Crippen LogP contribution in [0.1, 0.15) is 12.5 Å². The number of primary sulfonamides is 1. The summed E-state index contributed by atoms with van der Waals surface area (Å²) in [5, 5.41) is 4.99. The Bertz CT molecular complexity index is 370. The fourth-order valence-electron chi connectivity index (χ4n) is 0.978. The number of rotatable bonds is 2. The molecule has 0 aliphatic heterocycles. The second-order valence-corrected chi connectivity index (χ2v) is 3.90. The summed E-state index contributed by atoms with van der Waals surface area (Å²) >= 11 is 0. The van der Waals surface area contributed by atoms with Crippen LogP contribution in [0, 0.1) is 6.42 Å². The molecular weight excluding hydrogens is 174 g/mol. The van der Waals surface area contributed by atoms with Crippen molar-refractivity contribution >= 4 is 10.0 Å². The predicted molar refractivity (Wildman–Crippen MR) is 46.9 cm³/mol. The van der Waals surface area contributed by atoms with Crippen LogP contribution in [0.3, 0.4) is 0 Å². The summed E-state index contributed by atoms with van der Waals surface area (Å²) in [6, 6.07) is 6.61. The molecule has 3 nitrogen and oxygen atoms in total. The average Bonchev–Trinajstić information content (AvgIpc) is 2.03. The third-order valence-electron chi connectivity index (χ3n) is 1.54. The Balaban J connectivity index is 3.33. The zero-order valence-electron chi connectivity index (χ0n) is 6.69. The third kappa shape index (κ3) is 1.84. The predicted octanol–water partition coefficient (Wildman–Crippen LogP) is 0.906. The van der Waals surface area contributed by atoms with Crippen molar-refractivity contribution in [3.63, 3.8) is 0 Å². The van der Waals surface area contributed by atoms with E-state index in [2.05, 4.69) is 0 Å². The Labute approximate surface area is 72.3 Å². The summed E-state index contributed by atoms with van der Waals surface area (Å²) in [5.74, 6) is 0. The summed E-state index contributed by atoms with van der Waals surface area (Å²) in [4.78, 5) is 0.174. The highest BCUT2D eigenvalue weighted by atomic mass is 32.2. The van der Waals surface area contributed by atoms with Crippen molar-refractivity contribution in [3.8, 4) is 0 Å². The van der Waals surface area contributed by atoms with Gasteiger partial charge >= 0.3 is 0 Å². The molecule has 0 heterocycles. The van der Waals surface area contributed by atoms with Gasteiger partial charge in [0.05, 0.1) is 4.90 Å². The third-order valence-corrected chi connectivity index (χ3v) is 2.52. The second kappa shape index (κ2) is 3.25. The molecule has 0 fully saturated rings. The monoisotopic (exact) mass is 184 g/mol. The number of hydrogen-bond donors (Lipinski definition) is 1. The number of nitrogens with two attached hydrogens (primary N) is 1. The lowest BCUT2D eigenvalue weighted by Gasteiger charge is -2.03. The Hall–Kier alpha value is -0.870. The van der Waals surface area contributed by atoms with E-state index in [4.69, 9.17) is 5.14 Å². The van der Waals surface area contributed by atoms with Crippen LogP contribution in [-0.4, -0.2) is 8.42 Å². The van der Waals surface area contributed by atoms with Crippen LogP contribution < -0.4 is 5.14 Å². The van der Waals surface area contributed by atoms with Gasteiger partial charge < -0.3 is 0 Å². The van der Waals surface area contributed by atoms with Crippen LogP contribution in [-0.2, 0) is 10.0 Å². The highest BCUT2D eigenvalue weighted by molar-refractivity contribution is 7.89. The molecule has 0 aliphatic carbocycles. The van der Waals surface area contributed by atoms with Crippen molar-refractivity contribution in [1.29, 1.82) is 0 Å². The summed E-state index contributed by atoms with van der Waals surface area (Å²) < 4.78 is 21.9. The lowest BCUT2D eigenvalue weighted by molar-refractivity contribution is 0.597. The minimum Gasteiger partial charge on any atom is -0.225 e. The van der Waals surface area contributed by atoms with Crippen LogP contribution >= 0.6 is 0 Å². The summed E-state index contributed by atoms with van der Waals surface area (Å²) in [7, 11) is -3.58. The largest absolute Gasteiger partial charge is 0.238 e. The molecular formula is C8H10NO2S. The normalized spacial score (nSPS) is 11.5. The maximum Gasteiger partial charge on any atom is 0.238 e. The first-order chi connectivity index (χ1) is 5.55. The molecule has 0 saturated carbocycles. The van der Waals surface area contributed by atoms with Crippen LogP contribution in [0.4, 0.5) is 0 Å². The Morgan fingerprint density at radius 3 is 2.33 bits per heavy atom. The topological polar surface area (TPSA) is 60.2 Å². The van der Waals surface area contributed by atoms with Gasteiger partial charge in [0, 0.05) is 0 Å². The highest BCUT2D eigenvalue weighted by Crippen LogP contribution is 2.14. The zero-order chi connectivity index (χ0) is 9.19. The molecule has 2 N–H and O–H groups in total. The summed E-state index contributed by atoms with van der Waals surface area (Å²) in [6.45, 7) is 1.77. The van der Waals surface area contributed by atoms with Crippen LogP contribution in [0.5, 0.6) is 0 Å². The van der Waals surface area contributed by atoms with Gasteiger partial charge in [0.25, 0.3) is 0 Å². The van der Waals surface area contributed by atoms with Crippen LogP contribution in [0.15, 0.2) is 29.2 Å². The van der Waals surface area contributed by atoms with Crippen molar-refractivity contribution in [1.82, 2.24) is 0 Å². The quantitative estimate of drug-likeness (QED) is 0.742. The summed E-state index contributed by atoms with van der Waals surface area (Å²) in [6.07, 6.45) is 1.71. The lowest BCUT2D eigenvalue weighted by atomic mass is 10.2. The number of benzene rings is 1. The fourth-order valence-corrected chi connectivity index (χ4v) is 1.76. The molecule has 0 atom stereocenters. The van der Waals surface area contributed by atoms with E-state index in [9.17, 15) is 8.42 Å². The Morgan fingerprint density at radius 1 is 1.33 bits per heavy atom. The number of hydrogen-bond acceptors (Lipinski definition) is 2. The van der Waals surface area contributed by atoms with E-state index in [0.717, 1.165) is 0 Å². The minimum absolute atomic E-state index is 0.174. The van der Waals surface area contributed by atoms with Gasteiger partial charge in [0.15, 0.2) is 0 Å². The molecule has 0 unspecified atom stereocenters. The van der Waals surface area contributed by atoms with Gasteiger partial charge in [-0.05, 0) is 18.1 Å². The highest BCUT2D eigenvalue weighted by Gasteiger charge is 2.10. The van der Waals surface area contributed by atoms with Crippen molar-refractivity contribution in [2.45, 2.75) is 11.8 Å². The molecule has 12 heavy (non-hydrogen) atoms. The molecule has 0 aliphatic rings. The van der Waals surface area contributed by atoms with E-state index >= 15 is 0 Å². The molecule has 0 saturated heterocycles. The first-order valence-corrected chi connectivity index (χ1v) is 5.01. The Kier molecular flexibility index (Phi) is 2.49. The lowest BCUT2D eigenvalue weighted by Crippen LogP contribution is -2.13. The van der Waals surface area contributed by atoms with E-state index in [0.29, 0.717) is 5.56 Å². The second-order valence-electron chi connectivity index (χ2n) is 2.37. The molecule has 1 radical (unpaired) electrons. The first kappa shape index (κ1) is 9.22. The van der Waals surface area contributed by atoms with Crippen LogP contribution in [0.2, 0.25) is 0 Å². The molecule has 1 rings (SSSR count). The molecule has 0 spiro atoms. The van der Waals surface area contributed by atoms with Gasteiger partial charge in [-0.25, -0.2) is 13.6 Å². The maximum atomic E-state index is 11.0. The van der Waals surface area contributed by atoms with Gasteiger partial charge in [0.2, 0.25) is 10.0 Å². The number of sulfonamides is 1. The van der Waals surface area contributed by atoms with E-state index in [-0.39, 0.29) is 4.90 Å². The first-order valence-electron chi connectivity index (χ1n) is 3.47. The molecule has 1 aromatic rings. The van der Waals surface area contributed by atoms with Gasteiger partial charge in [-0.1, -0.05) is 25.1 Å². The van der Waals surface area contributed by atoms with Crippen molar-refractivity contribution in [3.05, 3.63) is 36.2 Å². The minimum atomic E-state index is -3.58. The molecule has 0 bridgehead atoms. The van der Waals surface area contributed by atoms with E-state index in [1.807, 2.05) is 0 Å². The molecule has 4 heteroatoms. The van der Waals surface area contributed by atoms with Gasteiger partial charge in [-0.3, -0.25) is 0 Å². The maximum absolute atomic E-state index is 11.0. The van der Waals surface area contributed by atoms with Crippen molar-refractivity contribution in [2.75, 3.05) is 0 Å². The SMILES string of the molecule is C[CH]c1ccccc1S(N)(=O)=O. The van der Waals surface area contributed by atoms with Crippen LogP contribution in [0.25, 0.3) is 0 Å². The standard InChI is InChI=1S/C8H10NO2S/c1-2-7-5-3-4-6-8(7)12(9,10)11/h2-6H,1H3,(H2,9,10,11). The molecule has 0 amide bonds. The molecule has 65 valence electrons.